The summed E-state index contributed by atoms with van der Waals surface area (Å²) in [7, 11) is 1.82. The van der Waals surface area contributed by atoms with Crippen molar-refractivity contribution < 1.29 is 19.1 Å². The normalized spacial score (nSPS) is 17.4. The van der Waals surface area contributed by atoms with Crippen LogP contribution in [0, 0.1) is 5.92 Å². The first-order chi connectivity index (χ1) is 19.0. The molecular formula is C27H29N8NaO4. The summed E-state index contributed by atoms with van der Waals surface area (Å²) in [4.78, 5) is 28.5. The van der Waals surface area contributed by atoms with Crippen LogP contribution in [0.15, 0.2) is 48.7 Å². The maximum atomic E-state index is 14.3. The molecule has 1 fully saturated rings. The zero-order valence-electron chi connectivity index (χ0n) is 21.6. The van der Waals surface area contributed by atoms with E-state index >= 15 is 0 Å². The van der Waals surface area contributed by atoms with Gasteiger partial charge in [-0.1, -0.05) is 0 Å². The molecule has 202 valence electrons. The number of ether oxygens (including phenoxy) is 2. The molecule has 13 heteroatoms. The van der Waals surface area contributed by atoms with Gasteiger partial charge >= 0.3 is 29.6 Å². The standard InChI is InChI=1S/C27H28N8O4.Na.H/c1-3-38-19-13-16(12-17(14-19)26-31-33-34-32-26)24(36)23-25(37)20-15-18(30-22-6-9-29-35(22)2)4-5-21(20)39-27(23)7-10-28-11-8-27;;/h4-6,9,12-15,23,28,30H,3,7-8,10-11H2,1-2H3,(H,31,32,33,34);;/t23-;;/m1../s1. The Labute approximate surface area is 252 Å². The van der Waals surface area contributed by atoms with Crippen molar-refractivity contribution in [1.29, 1.82) is 0 Å². The molecule has 3 N–H and O–H groups in total. The zero-order valence-corrected chi connectivity index (χ0v) is 21.6. The number of carbonyl (C=O) groups excluding carboxylic acids is 2. The number of carbonyl (C=O) groups is 2. The quantitative estimate of drug-likeness (QED) is 0.177. The van der Waals surface area contributed by atoms with Gasteiger partial charge in [-0.25, -0.2) is 5.10 Å². The predicted octanol–water partition coefficient (Wildman–Crippen LogP) is 2.29. The molecule has 6 rings (SSSR count). The summed E-state index contributed by atoms with van der Waals surface area (Å²) < 4.78 is 14.0. The van der Waals surface area contributed by atoms with Crippen molar-refractivity contribution in [3.05, 3.63) is 59.8 Å². The molecule has 0 amide bonds. The molecule has 4 heterocycles. The Hall–Kier alpha value is -3.58. The Morgan fingerprint density at radius 1 is 1.20 bits per heavy atom. The predicted molar refractivity (Wildman–Crippen MR) is 148 cm³/mol. The number of benzene rings is 2. The van der Waals surface area contributed by atoms with Crippen molar-refractivity contribution in [3.8, 4) is 22.9 Å². The molecule has 2 aliphatic heterocycles. The van der Waals surface area contributed by atoms with Crippen molar-refractivity contribution in [2.45, 2.75) is 25.4 Å². The molecular weight excluding hydrogens is 523 g/mol. The van der Waals surface area contributed by atoms with Crippen molar-refractivity contribution >= 4 is 52.6 Å². The van der Waals surface area contributed by atoms with Crippen molar-refractivity contribution in [2.24, 2.45) is 13.0 Å². The summed E-state index contributed by atoms with van der Waals surface area (Å²) in [5.74, 6) is 0.513. The van der Waals surface area contributed by atoms with Crippen LogP contribution in [0.25, 0.3) is 11.4 Å². The number of fused-ring (bicyclic) bond motifs is 1. The SMILES string of the molecule is CCOc1cc(C(=O)[C@@H]2C(=O)c3cc(Nc4ccnn4C)ccc3OC23CCNCC3)cc(-c2nnn[nH]2)c1.[NaH]. The molecule has 2 aromatic heterocycles. The van der Waals surface area contributed by atoms with Crippen LogP contribution >= 0.6 is 0 Å². The van der Waals surface area contributed by atoms with E-state index in [0.717, 1.165) is 5.82 Å². The minimum atomic E-state index is -1.03. The van der Waals surface area contributed by atoms with Gasteiger partial charge in [-0.2, -0.15) is 5.10 Å². The Morgan fingerprint density at radius 3 is 2.73 bits per heavy atom. The van der Waals surface area contributed by atoms with Crippen LogP contribution in [0.1, 0.15) is 40.5 Å². The van der Waals surface area contributed by atoms with E-state index in [1.165, 1.54) is 0 Å². The number of aromatic amines is 1. The Morgan fingerprint density at radius 2 is 2.02 bits per heavy atom. The monoisotopic (exact) mass is 552 g/mol. The number of hydrogen-bond acceptors (Lipinski definition) is 10. The number of anilines is 2. The summed E-state index contributed by atoms with van der Waals surface area (Å²) in [6.45, 7) is 3.55. The van der Waals surface area contributed by atoms with Crippen LogP contribution in [0.2, 0.25) is 0 Å². The molecule has 2 aromatic carbocycles. The molecule has 12 nitrogen and oxygen atoms in total. The number of aromatic nitrogens is 6. The van der Waals surface area contributed by atoms with Crippen molar-refractivity contribution in [1.82, 2.24) is 35.7 Å². The maximum absolute atomic E-state index is 14.3. The van der Waals surface area contributed by atoms with E-state index < -0.39 is 11.5 Å². The molecule has 1 spiro atoms. The van der Waals surface area contributed by atoms with Gasteiger partial charge in [0.2, 0.25) is 0 Å². The second-order valence-corrected chi connectivity index (χ2v) is 9.68. The van der Waals surface area contributed by atoms with Crippen LogP contribution < -0.4 is 20.1 Å². The van der Waals surface area contributed by atoms with Crippen molar-refractivity contribution in [3.63, 3.8) is 0 Å². The zero-order chi connectivity index (χ0) is 27.0. The average molecular weight is 553 g/mol. The number of aryl methyl sites for hydroxylation is 1. The summed E-state index contributed by atoms with van der Waals surface area (Å²) in [5, 5.41) is 24.8. The van der Waals surface area contributed by atoms with Gasteiger partial charge in [0.05, 0.1) is 18.4 Å². The van der Waals surface area contributed by atoms with E-state index in [4.69, 9.17) is 9.47 Å². The number of ketones is 2. The second-order valence-electron chi connectivity index (χ2n) is 9.68. The van der Waals surface area contributed by atoms with Gasteiger partial charge in [0, 0.05) is 42.8 Å². The molecule has 0 radical (unpaired) electrons. The van der Waals surface area contributed by atoms with Crippen LogP contribution in [-0.4, -0.2) is 96.8 Å². The molecule has 1 atom stereocenters. The van der Waals surface area contributed by atoms with E-state index in [2.05, 4.69) is 36.4 Å². The van der Waals surface area contributed by atoms with E-state index in [1.54, 1.807) is 41.2 Å². The topological polar surface area (TPSA) is 149 Å². The number of nitrogens with one attached hydrogen (secondary N) is 3. The van der Waals surface area contributed by atoms with Crippen LogP contribution in [0.3, 0.4) is 0 Å². The van der Waals surface area contributed by atoms with Gasteiger partial charge in [-0.15, -0.1) is 5.10 Å². The summed E-state index contributed by atoms with van der Waals surface area (Å²) in [6, 6.07) is 12.3. The van der Waals surface area contributed by atoms with E-state index in [-0.39, 0.29) is 41.1 Å². The third-order valence-corrected chi connectivity index (χ3v) is 7.27. The van der Waals surface area contributed by atoms with E-state index in [9.17, 15) is 9.59 Å². The van der Waals surface area contributed by atoms with Gasteiger partial charge in [0.25, 0.3) is 0 Å². The first-order valence-electron chi connectivity index (χ1n) is 12.9. The summed E-state index contributed by atoms with van der Waals surface area (Å²) in [6.07, 6.45) is 2.73. The number of piperidine rings is 1. The molecule has 0 saturated carbocycles. The molecule has 0 aliphatic carbocycles. The third-order valence-electron chi connectivity index (χ3n) is 7.27. The number of nitrogens with zero attached hydrogens (tertiary/aromatic N) is 5. The third kappa shape index (κ3) is 5.15. The second kappa shape index (κ2) is 11.5. The van der Waals surface area contributed by atoms with Crippen LogP contribution in [0.5, 0.6) is 11.5 Å². The average Bonchev–Trinajstić information content (AvgIpc) is 3.62. The molecule has 0 unspecified atom stereocenters. The minimum absolute atomic E-state index is 0. The van der Waals surface area contributed by atoms with Crippen LogP contribution in [-0.2, 0) is 7.05 Å². The fourth-order valence-corrected chi connectivity index (χ4v) is 5.38. The first kappa shape index (κ1) is 28.0. The van der Waals surface area contributed by atoms with Gasteiger partial charge in [0.15, 0.2) is 17.4 Å². The number of H-pyrrole nitrogens is 1. The van der Waals surface area contributed by atoms with Gasteiger partial charge < -0.3 is 20.1 Å². The summed E-state index contributed by atoms with van der Waals surface area (Å²) in [5.41, 5.74) is 1.02. The molecule has 0 bridgehead atoms. The number of hydrogen-bond donors (Lipinski definition) is 3. The van der Waals surface area contributed by atoms with Crippen molar-refractivity contribution in [2.75, 3.05) is 25.0 Å². The van der Waals surface area contributed by atoms with Crippen LogP contribution in [0.4, 0.5) is 11.5 Å². The molecule has 2 aliphatic rings. The Kier molecular flexibility index (Phi) is 8.04. The number of Topliss-reactive ketones (excluding diaryl/α,β-unsaturated/α-hetero) is 2. The molecule has 40 heavy (non-hydrogen) atoms. The fraction of sp³-hybridized carbons (Fsp3) is 0.333. The van der Waals surface area contributed by atoms with E-state index in [1.807, 2.05) is 26.1 Å². The van der Waals surface area contributed by atoms with Gasteiger partial charge in [0.1, 0.15) is 28.8 Å². The molecule has 1 saturated heterocycles. The Balaban J connectivity index is 0.00000323. The van der Waals surface area contributed by atoms with Gasteiger partial charge in [-0.05, 0) is 66.8 Å². The van der Waals surface area contributed by atoms with Gasteiger partial charge in [-0.3, -0.25) is 14.3 Å². The summed E-state index contributed by atoms with van der Waals surface area (Å²) >= 11 is 0. The molecule has 4 aromatic rings. The number of tetrazole rings is 1. The fourth-order valence-electron chi connectivity index (χ4n) is 5.38. The first-order valence-corrected chi connectivity index (χ1v) is 12.9. The Bertz CT molecular complexity index is 1530. The number of rotatable bonds is 7. The van der Waals surface area contributed by atoms with E-state index in [0.29, 0.717) is 72.2 Å².